The molecule has 21 heavy (non-hydrogen) atoms. The monoisotopic (exact) mass is 304 g/mol. The molecule has 0 aliphatic rings. The van der Waals surface area contributed by atoms with Gasteiger partial charge in [-0.2, -0.15) is 0 Å². The van der Waals surface area contributed by atoms with Gasteiger partial charge in [-0.05, 0) is 31.0 Å². The lowest BCUT2D eigenvalue weighted by Crippen LogP contribution is -2.43. The van der Waals surface area contributed by atoms with E-state index in [1.165, 1.54) is 24.3 Å². The number of carbonyl (C=O) groups excluding carboxylic acids is 1. The zero-order chi connectivity index (χ0) is 16.1. The second-order valence-corrected chi connectivity index (χ2v) is 4.99. The van der Waals surface area contributed by atoms with Crippen LogP contribution in [0.25, 0.3) is 0 Å². The minimum atomic E-state index is -4.71. The van der Waals surface area contributed by atoms with Crippen molar-refractivity contribution in [3.05, 3.63) is 29.8 Å². The molecular weight excluding hydrogens is 285 g/mol. The first-order chi connectivity index (χ1) is 9.70. The Morgan fingerprint density at radius 3 is 2.29 bits per heavy atom. The summed E-state index contributed by atoms with van der Waals surface area (Å²) in [6.07, 6.45) is -4.10. The first kappa shape index (κ1) is 17.3. The second-order valence-electron chi connectivity index (χ2n) is 4.99. The maximum atomic E-state index is 12.0. The van der Waals surface area contributed by atoms with Crippen LogP contribution in [0, 0.1) is 5.41 Å². The fourth-order valence-corrected chi connectivity index (χ4v) is 1.60. The van der Waals surface area contributed by atoms with Gasteiger partial charge in [0.05, 0.1) is 5.41 Å². The predicted octanol–water partition coefficient (Wildman–Crippen LogP) is 2.58. The zero-order valence-electron chi connectivity index (χ0n) is 12.0. The molecule has 0 aliphatic carbocycles. The Labute approximate surface area is 121 Å². The van der Waals surface area contributed by atoms with Gasteiger partial charge in [-0.15, -0.1) is 13.2 Å². The Morgan fingerprint density at radius 1 is 1.29 bits per heavy atom. The number of hydrogen-bond donors (Lipinski definition) is 2. The molecule has 0 radical (unpaired) electrons. The highest BCUT2D eigenvalue weighted by Crippen LogP contribution is 2.23. The highest BCUT2D eigenvalue weighted by Gasteiger charge is 2.31. The topological polar surface area (TPSA) is 64.4 Å². The highest BCUT2D eigenvalue weighted by molar-refractivity contribution is 5.82. The van der Waals surface area contributed by atoms with Crippen LogP contribution >= 0.6 is 0 Å². The summed E-state index contributed by atoms with van der Waals surface area (Å²) >= 11 is 0. The molecule has 0 saturated carbocycles. The molecule has 1 amide bonds. The summed E-state index contributed by atoms with van der Waals surface area (Å²) in [5.41, 5.74) is 5.62. The molecule has 0 bridgehead atoms. The molecule has 1 aromatic rings. The maximum Gasteiger partial charge on any atom is 0.573 e. The van der Waals surface area contributed by atoms with Crippen LogP contribution in [0.3, 0.4) is 0 Å². The van der Waals surface area contributed by atoms with E-state index in [2.05, 4.69) is 10.1 Å². The molecule has 118 valence electrons. The Morgan fingerprint density at radius 2 is 1.86 bits per heavy atom. The standard InChI is InChI=1S/C14H19F3N2O2/c1-3-13(2,9-18)12(20)19-8-10-4-6-11(7-5-10)21-14(15,16)17/h4-7H,3,8-9,18H2,1-2H3,(H,19,20). The lowest BCUT2D eigenvalue weighted by molar-refractivity contribution is -0.274. The van der Waals surface area contributed by atoms with Gasteiger partial charge >= 0.3 is 6.36 Å². The third-order valence-corrected chi connectivity index (χ3v) is 3.39. The van der Waals surface area contributed by atoms with Crippen LogP contribution < -0.4 is 15.8 Å². The fourth-order valence-electron chi connectivity index (χ4n) is 1.60. The first-order valence-corrected chi connectivity index (χ1v) is 6.53. The third-order valence-electron chi connectivity index (χ3n) is 3.39. The molecule has 1 unspecified atom stereocenters. The third kappa shape index (κ3) is 5.26. The molecule has 0 aliphatic heterocycles. The minimum absolute atomic E-state index is 0.178. The van der Waals surface area contributed by atoms with Crippen LogP contribution in [0.2, 0.25) is 0 Å². The zero-order valence-corrected chi connectivity index (χ0v) is 12.0. The number of halogens is 3. The Hall–Kier alpha value is -1.76. The summed E-state index contributed by atoms with van der Waals surface area (Å²) in [5.74, 6) is -0.471. The van der Waals surface area contributed by atoms with Gasteiger partial charge in [-0.25, -0.2) is 0 Å². The predicted molar refractivity (Wildman–Crippen MR) is 72.4 cm³/mol. The number of nitrogens with one attached hydrogen (secondary N) is 1. The van der Waals surface area contributed by atoms with E-state index in [0.29, 0.717) is 12.0 Å². The number of amides is 1. The fraction of sp³-hybridized carbons (Fsp3) is 0.500. The summed E-state index contributed by atoms with van der Waals surface area (Å²) in [4.78, 5) is 12.0. The van der Waals surface area contributed by atoms with Crippen molar-refractivity contribution >= 4 is 5.91 Å². The van der Waals surface area contributed by atoms with Gasteiger partial charge in [0.15, 0.2) is 0 Å². The van der Waals surface area contributed by atoms with E-state index in [1.807, 2.05) is 6.92 Å². The van der Waals surface area contributed by atoms with Crippen molar-refractivity contribution < 1.29 is 22.7 Å². The first-order valence-electron chi connectivity index (χ1n) is 6.53. The van der Waals surface area contributed by atoms with E-state index in [-0.39, 0.29) is 24.7 Å². The minimum Gasteiger partial charge on any atom is -0.406 e. The van der Waals surface area contributed by atoms with Crippen molar-refractivity contribution in [2.24, 2.45) is 11.1 Å². The smallest absolute Gasteiger partial charge is 0.406 e. The van der Waals surface area contributed by atoms with Gasteiger partial charge in [0.25, 0.3) is 0 Å². The normalized spacial score (nSPS) is 14.4. The van der Waals surface area contributed by atoms with Crippen molar-refractivity contribution in [1.82, 2.24) is 5.32 Å². The molecule has 1 atom stereocenters. The molecule has 0 heterocycles. The van der Waals surface area contributed by atoms with Crippen molar-refractivity contribution in [2.45, 2.75) is 33.2 Å². The second kappa shape index (κ2) is 6.80. The molecule has 0 fully saturated rings. The maximum absolute atomic E-state index is 12.0. The molecule has 0 spiro atoms. The Bertz CT molecular complexity index is 468. The van der Waals surface area contributed by atoms with Crippen molar-refractivity contribution in [1.29, 1.82) is 0 Å². The van der Waals surface area contributed by atoms with Gasteiger partial charge in [0.1, 0.15) is 5.75 Å². The quantitative estimate of drug-likeness (QED) is 0.849. The van der Waals surface area contributed by atoms with Gasteiger partial charge in [-0.3, -0.25) is 4.79 Å². The van der Waals surface area contributed by atoms with Crippen LogP contribution in [-0.4, -0.2) is 18.8 Å². The lowest BCUT2D eigenvalue weighted by Gasteiger charge is -2.25. The summed E-state index contributed by atoms with van der Waals surface area (Å²) in [7, 11) is 0. The van der Waals surface area contributed by atoms with Gasteiger partial charge in [0.2, 0.25) is 5.91 Å². The van der Waals surface area contributed by atoms with Gasteiger partial charge < -0.3 is 15.8 Å². The van der Waals surface area contributed by atoms with E-state index in [1.54, 1.807) is 6.92 Å². The average Bonchev–Trinajstić information content (AvgIpc) is 2.43. The number of nitrogens with two attached hydrogens (primary N) is 1. The summed E-state index contributed by atoms with van der Waals surface area (Å²) < 4.78 is 39.8. The largest absolute Gasteiger partial charge is 0.573 e. The van der Waals surface area contributed by atoms with Crippen molar-refractivity contribution in [2.75, 3.05) is 6.54 Å². The number of rotatable bonds is 6. The van der Waals surface area contributed by atoms with Crippen LogP contribution in [0.5, 0.6) is 5.75 Å². The van der Waals surface area contributed by atoms with Crippen molar-refractivity contribution in [3.63, 3.8) is 0 Å². The van der Waals surface area contributed by atoms with E-state index in [9.17, 15) is 18.0 Å². The molecule has 0 aromatic heterocycles. The number of hydrogen-bond acceptors (Lipinski definition) is 3. The highest BCUT2D eigenvalue weighted by atomic mass is 19.4. The van der Waals surface area contributed by atoms with Crippen LogP contribution in [0.15, 0.2) is 24.3 Å². The molecule has 7 heteroatoms. The summed E-state index contributed by atoms with van der Waals surface area (Å²) in [5, 5.41) is 2.73. The molecule has 3 N–H and O–H groups in total. The van der Waals surface area contributed by atoms with E-state index in [4.69, 9.17) is 5.73 Å². The number of benzene rings is 1. The summed E-state index contributed by atoms with van der Waals surface area (Å²) in [6.45, 7) is 4.09. The molecule has 0 saturated heterocycles. The molecule has 1 aromatic carbocycles. The van der Waals surface area contributed by atoms with Crippen LogP contribution in [0.1, 0.15) is 25.8 Å². The molecule has 1 rings (SSSR count). The SMILES string of the molecule is CCC(C)(CN)C(=O)NCc1ccc(OC(F)(F)F)cc1. The Kier molecular flexibility index (Phi) is 5.60. The number of ether oxygens (including phenoxy) is 1. The van der Waals surface area contributed by atoms with Gasteiger partial charge in [-0.1, -0.05) is 19.1 Å². The van der Waals surface area contributed by atoms with E-state index in [0.717, 1.165) is 0 Å². The average molecular weight is 304 g/mol. The van der Waals surface area contributed by atoms with Crippen LogP contribution in [0.4, 0.5) is 13.2 Å². The lowest BCUT2D eigenvalue weighted by atomic mass is 9.86. The summed E-state index contributed by atoms with van der Waals surface area (Å²) in [6, 6.07) is 5.34. The van der Waals surface area contributed by atoms with Gasteiger partial charge in [0, 0.05) is 13.1 Å². The molecule has 4 nitrogen and oxygen atoms in total. The number of carbonyl (C=O) groups is 1. The Balaban J connectivity index is 2.59. The van der Waals surface area contributed by atoms with E-state index >= 15 is 0 Å². The van der Waals surface area contributed by atoms with E-state index < -0.39 is 11.8 Å². The molecular formula is C14H19F3N2O2. The number of alkyl halides is 3. The van der Waals surface area contributed by atoms with Crippen molar-refractivity contribution in [3.8, 4) is 5.75 Å². The van der Waals surface area contributed by atoms with Crippen LogP contribution in [-0.2, 0) is 11.3 Å².